The number of benzene rings is 8. The van der Waals surface area contributed by atoms with Gasteiger partial charge in [-0.3, -0.25) is 0 Å². The van der Waals surface area contributed by atoms with Crippen LogP contribution in [0.3, 0.4) is 0 Å². The van der Waals surface area contributed by atoms with Crippen molar-refractivity contribution in [3.8, 4) is 5.69 Å². The van der Waals surface area contributed by atoms with Crippen molar-refractivity contribution < 1.29 is 0 Å². The van der Waals surface area contributed by atoms with E-state index >= 15 is 0 Å². The molecule has 322 valence electrons. The number of aromatic nitrogens is 1. The van der Waals surface area contributed by atoms with Crippen molar-refractivity contribution in [3.63, 3.8) is 0 Å². The fourth-order valence-corrected chi connectivity index (χ4v) is 14.2. The standard InChI is InChI=1S/C64H50B2N2/c1-63(2)53-25-9-17-33-61(53)68(62-34-18-10-26-54(62)63)46-41-37-44(38-42-46)66-57-29-13-7-23-51(57)64(52-24-8-14-30-58(52)66)49-21-5-11-27-55(49)65(56-28-12-6-22-50(56)64)43-35-39-45(40-36-43)67-59-31-15-3-19-47(59)48-20-4-16-32-60(48)67/h3-42,49,51,55,57H,1-2H3. The monoisotopic (exact) mass is 868 g/mol. The molecule has 0 N–H and O–H groups in total. The number of fused-ring (bicyclic) bond motifs is 13. The van der Waals surface area contributed by atoms with Crippen molar-refractivity contribution in [1.29, 1.82) is 0 Å². The molecule has 8 aromatic carbocycles. The summed E-state index contributed by atoms with van der Waals surface area (Å²) >= 11 is 0. The van der Waals surface area contributed by atoms with Crippen LogP contribution in [-0.4, -0.2) is 18.0 Å². The second-order valence-electron chi connectivity index (χ2n) is 20.3. The van der Waals surface area contributed by atoms with Crippen LogP contribution in [0.2, 0.25) is 11.6 Å². The Balaban J connectivity index is 0.898. The first-order valence-electron chi connectivity index (χ1n) is 24.6. The molecule has 2 aliphatic carbocycles. The molecule has 2 nitrogen and oxygen atoms in total. The van der Waals surface area contributed by atoms with E-state index in [9.17, 15) is 0 Å². The van der Waals surface area contributed by atoms with Crippen molar-refractivity contribution in [3.05, 3.63) is 265 Å². The Morgan fingerprint density at radius 3 is 1.28 bits per heavy atom. The highest BCUT2D eigenvalue weighted by atomic mass is 15.2. The van der Waals surface area contributed by atoms with Gasteiger partial charge in [-0.25, -0.2) is 0 Å². The summed E-state index contributed by atoms with van der Waals surface area (Å²) in [7, 11) is 0. The molecular formula is C64H50B2N2. The topological polar surface area (TPSA) is 8.17 Å². The van der Waals surface area contributed by atoms with E-state index in [0.717, 1.165) is 0 Å². The number of anilines is 3. The fourth-order valence-electron chi connectivity index (χ4n) is 14.2. The number of hydrogen-bond acceptors (Lipinski definition) is 1. The maximum absolute atomic E-state index is 2.58. The molecule has 0 saturated heterocycles. The smallest absolute Gasteiger partial charge is 0.217 e. The van der Waals surface area contributed by atoms with Crippen molar-refractivity contribution >= 4 is 74.1 Å². The summed E-state index contributed by atoms with van der Waals surface area (Å²) in [6.45, 7) is 5.11. The first kappa shape index (κ1) is 39.6. The van der Waals surface area contributed by atoms with Crippen LogP contribution in [0.1, 0.15) is 36.1 Å². The van der Waals surface area contributed by atoms with Crippen LogP contribution in [0.15, 0.2) is 243 Å². The molecule has 5 unspecified atom stereocenters. The van der Waals surface area contributed by atoms with E-state index < -0.39 is 0 Å². The number of rotatable bonds is 4. The molecule has 0 radical (unpaired) electrons. The van der Waals surface area contributed by atoms with Crippen LogP contribution >= 0.6 is 0 Å². The zero-order valence-electron chi connectivity index (χ0n) is 38.5. The highest BCUT2D eigenvalue weighted by Gasteiger charge is 2.61. The summed E-state index contributed by atoms with van der Waals surface area (Å²) < 4.78 is 2.43. The largest absolute Gasteiger partial charge is 0.310 e. The van der Waals surface area contributed by atoms with Gasteiger partial charge in [-0.15, -0.1) is 0 Å². The molecule has 0 amide bonds. The number of allylic oxidation sites excluding steroid dienone is 8. The highest BCUT2D eigenvalue weighted by molar-refractivity contribution is 6.88. The quantitative estimate of drug-likeness (QED) is 0.160. The van der Waals surface area contributed by atoms with E-state index in [1.165, 1.54) is 88.7 Å². The Bertz CT molecular complexity index is 3510. The molecule has 0 bridgehead atoms. The summed E-state index contributed by atoms with van der Waals surface area (Å²) in [5, 5.41) is 2.58. The second-order valence-corrected chi connectivity index (χ2v) is 20.3. The van der Waals surface area contributed by atoms with Gasteiger partial charge in [-0.05, 0) is 94.3 Å². The molecule has 3 aliphatic heterocycles. The minimum Gasteiger partial charge on any atom is -0.310 e. The van der Waals surface area contributed by atoms with Crippen molar-refractivity contribution in [2.45, 2.75) is 36.3 Å². The minimum absolute atomic E-state index is 0.0969. The first-order valence-corrected chi connectivity index (χ1v) is 24.6. The average molecular weight is 869 g/mol. The molecule has 4 heterocycles. The van der Waals surface area contributed by atoms with Crippen LogP contribution in [0.25, 0.3) is 27.5 Å². The molecule has 9 aromatic rings. The third-order valence-corrected chi connectivity index (χ3v) is 16.9. The zero-order chi connectivity index (χ0) is 45.1. The summed E-state index contributed by atoms with van der Waals surface area (Å²) in [5.41, 5.74) is 18.3. The molecule has 5 aliphatic rings. The second kappa shape index (κ2) is 15.0. The number of para-hydroxylation sites is 4. The predicted molar refractivity (Wildman–Crippen MR) is 289 cm³/mol. The Morgan fingerprint density at radius 2 is 0.779 bits per heavy atom. The van der Waals surface area contributed by atoms with E-state index in [0.29, 0.717) is 0 Å². The molecule has 14 rings (SSSR count). The van der Waals surface area contributed by atoms with E-state index in [4.69, 9.17) is 0 Å². The maximum atomic E-state index is 2.58. The summed E-state index contributed by atoms with van der Waals surface area (Å²) in [5.74, 6) is 0.991. The lowest BCUT2D eigenvalue weighted by Crippen LogP contribution is -2.67. The molecule has 68 heavy (non-hydrogen) atoms. The van der Waals surface area contributed by atoms with Gasteiger partial charge in [0.05, 0.1) is 22.4 Å². The van der Waals surface area contributed by atoms with Crippen molar-refractivity contribution in [2.75, 3.05) is 4.90 Å². The third kappa shape index (κ3) is 5.43. The lowest BCUT2D eigenvalue weighted by atomic mass is 9.19. The Labute approximate surface area is 400 Å². The molecule has 1 aromatic heterocycles. The van der Waals surface area contributed by atoms with Gasteiger partial charge in [0.1, 0.15) is 0 Å². The van der Waals surface area contributed by atoms with E-state index in [2.05, 4.69) is 266 Å². The van der Waals surface area contributed by atoms with Crippen molar-refractivity contribution in [2.24, 2.45) is 11.8 Å². The number of nitrogens with zero attached hydrogens (tertiary/aromatic N) is 2. The third-order valence-electron chi connectivity index (χ3n) is 16.9. The van der Waals surface area contributed by atoms with Gasteiger partial charge in [-0.1, -0.05) is 230 Å². The van der Waals surface area contributed by atoms with Crippen LogP contribution in [0.5, 0.6) is 0 Å². The number of hydrogen-bond donors (Lipinski definition) is 0. The van der Waals surface area contributed by atoms with E-state index in [1.54, 1.807) is 0 Å². The fraction of sp³-hybridized carbons (Fsp3) is 0.125. The Hall–Kier alpha value is -7.55. The summed E-state index contributed by atoms with van der Waals surface area (Å²) in [6, 6.07) is 73.8. The predicted octanol–water partition coefficient (Wildman–Crippen LogP) is 12.6. The Morgan fingerprint density at radius 1 is 0.382 bits per heavy atom. The van der Waals surface area contributed by atoms with E-state index in [1.807, 2.05) is 0 Å². The Kier molecular flexibility index (Phi) is 8.72. The van der Waals surface area contributed by atoms with Gasteiger partial charge in [-0.2, -0.15) is 0 Å². The van der Waals surface area contributed by atoms with Gasteiger partial charge in [0, 0.05) is 33.0 Å². The molecule has 4 heteroatoms. The summed E-state index contributed by atoms with van der Waals surface area (Å²) in [4.78, 5) is 2.48. The van der Waals surface area contributed by atoms with Crippen molar-refractivity contribution in [1.82, 2.24) is 4.57 Å². The van der Waals surface area contributed by atoms with Gasteiger partial charge < -0.3 is 9.47 Å². The highest BCUT2D eigenvalue weighted by Crippen LogP contribution is 2.60. The zero-order valence-corrected chi connectivity index (χ0v) is 38.5. The van der Waals surface area contributed by atoms with Crippen LogP contribution in [0.4, 0.5) is 17.1 Å². The van der Waals surface area contributed by atoms with Gasteiger partial charge in [0.2, 0.25) is 13.4 Å². The van der Waals surface area contributed by atoms with Gasteiger partial charge in [0.15, 0.2) is 0 Å². The molecular weight excluding hydrogens is 818 g/mol. The lowest BCUT2D eigenvalue weighted by Gasteiger charge is -2.59. The SMILES string of the molecule is CC1(C)c2ccccc2N(c2ccc(B3c4ccccc4C4(c5ccccc5B(c5ccc(-n6c7ccccc7c7ccccc76)cc5)C5C=CC=CC54)C4C=CC=CC34)cc2)c2ccccc21. The van der Waals surface area contributed by atoms with E-state index in [-0.39, 0.29) is 47.7 Å². The van der Waals surface area contributed by atoms with Crippen LogP contribution in [0, 0.1) is 11.8 Å². The van der Waals surface area contributed by atoms with Crippen LogP contribution < -0.4 is 26.8 Å². The van der Waals surface area contributed by atoms with Crippen LogP contribution in [-0.2, 0) is 10.8 Å². The molecule has 1 spiro atoms. The van der Waals surface area contributed by atoms with Gasteiger partial charge in [0.25, 0.3) is 0 Å². The molecule has 5 atom stereocenters. The normalized spacial score (nSPS) is 22.4. The van der Waals surface area contributed by atoms with Gasteiger partial charge >= 0.3 is 0 Å². The molecule has 0 fully saturated rings. The lowest BCUT2D eigenvalue weighted by molar-refractivity contribution is 0.281. The maximum Gasteiger partial charge on any atom is 0.217 e. The average Bonchev–Trinajstić information content (AvgIpc) is 3.74. The molecule has 0 saturated carbocycles. The first-order chi connectivity index (χ1) is 33.5. The minimum atomic E-state index is -0.283. The summed E-state index contributed by atoms with van der Waals surface area (Å²) in [6.07, 6.45) is 19.5.